The van der Waals surface area contributed by atoms with E-state index in [0.29, 0.717) is 18.1 Å². The fourth-order valence-corrected chi connectivity index (χ4v) is 4.27. The van der Waals surface area contributed by atoms with Gasteiger partial charge in [0.05, 0.1) is 6.54 Å². The molecule has 1 aromatic carbocycles. The molecule has 0 unspecified atom stereocenters. The van der Waals surface area contributed by atoms with Gasteiger partial charge in [0.15, 0.2) is 5.96 Å². The van der Waals surface area contributed by atoms with Crippen molar-refractivity contribution in [3.05, 3.63) is 29.8 Å². The van der Waals surface area contributed by atoms with Crippen LogP contribution in [0.5, 0.6) is 5.75 Å². The number of guanidine groups is 1. The minimum absolute atomic E-state index is 0. The highest BCUT2D eigenvalue weighted by atomic mass is 127. The van der Waals surface area contributed by atoms with Crippen molar-refractivity contribution in [3.8, 4) is 5.75 Å². The molecular weight excluding hydrogens is 518 g/mol. The van der Waals surface area contributed by atoms with Crippen LogP contribution in [0.3, 0.4) is 0 Å². The number of rotatable bonds is 8. The van der Waals surface area contributed by atoms with Gasteiger partial charge in [-0.15, -0.1) is 37.1 Å². The number of thioether (sulfide) groups is 1. The summed E-state index contributed by atoms with van der Waals surface area (Å²) in [6.07, 6.45) is -2.81. The molecule has 2 N–H and O–H groups in total. The number of aliphatic imine (C=N–C) groups is 1. The van der Waals surface area contributed by atoms with Gasteiger partial charge in [-0.25, -0.2) is 4.99 Å². The maximum absolute atomic E-state index is 12.6. The number of para-hydroxylation sites is 1. The van der Waals surface area contributed by atoms with Crippen LogP contribution in [0.15, 0.2) is 29.3 Å². The van der Waals surface area contributed by atoms with Crippen molar-refractivity contribution in [1.29, 1.82) is 0 Å². The highest BCUT2D eigenvalue weighted by Gasteiger charge is 2.33. The van der Waals surface area contributed by atoms with Crippen LogP contribution in [0.25, 0.3) is 0 Å². The molecular formula is C19H29F3IN3O2S. The molecule has 10 heteroatoms. The highest BCUT2D eigenvalue weighted by molar-refractivity contribution is 14.0. The summed E-state index contributed by atoms with van der Waals surface area (Å²) in [4.78, 5) is 4.46. The van der Waals surface area contributed by atoms with E-state index in [0.717, 1.165) is 38.4 Å². The smallest absolute Gasteiger partial charge is 0.405 e. The van der Waals surface area contributed by atoms with Gasteiger partial charge in [0.2, 0.25) is 0 Å². The monoisotopic (exact) mass is 547 g/mol. The molecule has 2 rings (SSSR count). The van der Waals surface area contributed by atoms with E-state index < -0.39 is 6.36 Å². The number of ether oxygens (including phenoxy) is 2. The lowest BCUT2D eigenvalue weighted by Gasteiger charge is -2.37. The Labute approximate surface area is 191 Å². The predicted molar refractivity (Wildman–Crippen MR) is 122 cm³/mol. The van der Waals surface area contributed by atoms with E-state index in [9.17, 15) is 13.2 Å². The summed E-state index contributed by atoms with van der Waals surface area (Å²) < 4.78 is 47.4. The first kappa shape index (κ1) is 26.2. The van der Waals surface area contributed by atoms with E-state index in [-0.39, 0.29) is 41.0 Å². The number of hydrogen-bond acceptors (Lipinski definition) is 4. The van der Waals surface area contributed by atoms with E-state index in [4.69, 9.17) is 4.74 Å². The molecule has 1 aliphatic rings. The third-order valence-electron chi connectivity index (χ3n) is 4.38. The second-order valence-corrected chi connectivity index (χ2v) is 8.16. The molecule has 0 radical (unpaired) electrons. The fraction of sp³-hybridized carbons (Fsp3) is 0.632. The molecule has 29 heavy (non-hydrogen) atoms. The summed E-state index contributed by atoms with van der Waals surface area (Å²) in [5.41, 5.74) is 0.376. The Bertz CT molecular complexity index is 636. The van der Waals surface area contributed by atoms with Crippen LogP contribution in [0.2, 0.25) is 0 Å². The van der Waals surface area contributed by atoms with E-state index >= 15 is 0 Å². The van der Waals surface area contributed by atoms with Gasteiger partial charge in [0.1, 0.15) is 5.75 Å². The third kappa shape index (κ3) is 9.20. The largest absolute Gasteiger partial charge is 0.573 e. The Hall–Kier alpha value is -0.880. The molecule has 1 aromatic rings. The summed E-state index contributed by atoms with van der Waals surface area (Å²) in [5.74, 6) is 1.36. The lowest BCUT2D eigenvalue weighted by molar-refractivity contribution is -0.274. The molecule has 1 fully saturated rings. The van der Waals surface area contributed by atoms with Crippen LogP contribution >= 0.6 is 35.7 Å². The van der Waals surface area contributed by atoms with Crippen molar-refractivity contribution < 1.29 is 22.6 Å². The minimum Gasteiger partial charge on any atom is -0.405 e. The Morgan fingerprint density at radius 2 is 1.90 bits per heavy atom. The first-order valence-electron chi connectivity index (χ1n) is 9.45. The highest BCUT2D eigenvalue weighted by Crippen LogP contribution is 2.34. The normalized spacial score (nSPS) is 16.7. The topological polar surface area (TPSA) is 54.9 Å². The van der Waals surface area contributed by atoms with Gasteiger partial charge in [-0.2, -0.15) is 11.8 Å². The predicted octanol–water partition coefficient (Wildman–Crippen LogP) is 4.56. The Morgan fingerprint density at radius 1 is 1.21 bits per heavy atom. The number of nitrogens with one attached hydrogen (secondary N) is 2. The fourth-order valence-electron chi connectivity index (χ4n) is 3.03. The Morgan fingerprint density at radius 3 is 2.52 bits per heavy atom. The van der Waals surface area contributed by atoms with Crippen molar-refractivity contribution in [2.45, 2.75) is 44.3 Å². The van der Waals surface area contributed by atoms with Gasteiger partial charge in [0.25, 0.3) is 0 Å². The summed E-state index contributed by atoms with van der Waals surface area (Å²) in [6.45, 7) is 7.03. The van der Waals surface area contributed by atoms with Crippen molar-refractivity contribution in [2.24, 2.45) is 4.99 Å². The third-order valence-corrected chi connectivity index (χ3v) is 5.84. The van der Waals surface area contributed by atoms with Crippen LogP contribution in [0.4, 0.5) is 13.2 Å². The molecule has 0 bridgehead atoms. The summed E-state index contributed by atoms with van der Waals surface area (Å²) in [6, 6.07) is 6.06. The second kappa shape index (κ2) is 12.7. The van der Waals surface area contributed by atoms with E-state index in [1.807, 2.05) is 18.7 Å². The van der Waals surface area contributed by atoms with Gasteiger partial charge in [-0.1, -0.05) is 25.1 Å². The van der Waals surface area contributed by atoms with Crippen molar-refractivity contribution in [2.75, 3.05) is 32.1 Å². The van der Waals surface area contributed by atoms with Crippen LogP contribution in [-0.4, -0.2) is 49.1 Å². The first-order valence-corrected chi connectivity index (χ1v) is 10.4. The van der Waals surface area contributed by atoms with E-state index in [1.165, 1.54) is 12.1 Å². The standard InChI is InChI=1S/C19H28F3N3O2S.HI/c1-3-23-17(25-14-18(28-4-2)9-11-26-12-10-18)24-13-15-7-5-6-8-16(15)27-19(20,21)22;/h5-8H,3-4,9-14H2,1-2H3,(H2,23,24,25);1H. The molecule has 0 atom stereocenters. The molecule has 1 saturated heterocycles. The molecule has 0 saturated carbocycles. The zero-order valence-electron chi connectivity index (χ0n) is 16.7. The Balaban J connectivity index is 0.00000420. The second-order valence-electron chi connectivity index (χ2n) is 6.43. The number of alkyl halides is 3. The summed E-state index contributed by atoms with van der Waals surface area (Å²) in [7, 11) is 0. The lowest BCUT2D eigenvalue weighted by Crippen LogP contribution is -2.48. The van der Waals surface area contributed by atoms with Crippen LogP contribution in [-0.2, 0) is 11.3 Å². The Kier molecular flexibility index (Phi) is 11.5. The number of halogens is 4. The average molecular weight is 547 g/mol. The molecule has 0 aliphatic carbocycles. The quantitative estimate of drug-likeness (QED) is 0.284. The molecule has 5 nitrogen and oxygen atoms in total. The SMILES string of the molecule is CCNC(=NCc1ccccc1OC(F)(F)F)NCC1(SCC)CCOCC1.I. The molecule has 0 spiro atoms. The maximum Gasteiger partial charge on any atom is 0.573 e. The van der Waals surface area contributed by atoms with Gasteiger partial charge in [0, 0.05) is 36.6 Å². The molecule has 1 aliphatic heterocycles. The lowest BCUT2D eigenvalue weighted by atomic mass is 9.99. The number of hydrogen-bond donors (Lipinski definition) is 2. The summed E-state index contributed by atoms with van der Waals surface area (Å²) in [5, 5.41) is 6.51. The molecule has 166 valence electrons. The van der Waals surface area contributed by atoms with Crippen LogP contribution < -0.4 is 15.4 Å². The summed E-state index contributed by atoms with van der Waals surface area (Å²) >= 11 is 1.91. The zero-order chi connectivity index (χ0) is 20.5. The first-order chi connectivity index (χ1) is 13.4. The van der Waals surface area contributed by atoms with Crippen molar-refractivity contribution in [3.63, 3.8) is 0 Å². The average Bonchev–Trinajstić information content (AvgIpc) is 2.65. The molecule has 1 heterocycles. The molecule has 0 aromatic heterocycles. The number of nitrogens with zero attached hydrogens (tertiary/aromatic N) is 1. The van der Waals surface area contributed by atoms with Gasteiger partial charge < -0.3 is 20.1 Å². The van der Waals surface area contributed by atoms with Crippen molar-refractivity contribution in [1.82, 2.24) is 10.6 Å². The number of benzene rings is 1. The van der Waals surface area contributed by atoms with E-state index in [1.54, 1.807) is 12.1 Å². The zero-order valence-corrected chi connectivity index (χ0v) is 19.8. The van der Waals surface area contributed by atoms with Crippen LogP contribution in [0, 0.1) is 0 Å². The van der Waals surface area contributed by atoms with Crippen molar-refractivity contribution >= 4 is 41.7 Å². The molecule has 0 amide bonds. The van der Waals surface area contributed by atoms with E-state index in [2.05, 4.69) is 27.3 Å². The maximum atomic E-state index is 12.6. The minimum atomic E-state index is -4.73. The van der Waals surface area contributed by atoms with Gasteiger partial charge >= 0.3 is 6.36 Å². The van der Waals surface area contributed by atoms with Gasteiger partial charge in [-0.05, 0) is 31.6 Å². The van der Waals surface area contributed by atoms with Gasteiger partial charge in [-0.3, -0.25) is 0 Å². The van der Waals surface area contributed by atoms with Crippen LogP contribution in [0.1, 0.15) is 32.3 Å².